The standard InChI is InChI=1S/C16H27N3O/c1-2-7-18-8-10-19(11-9-18)12-13-20-16-5-3-15(14-17)4-6-16/h3-6H,2,7-14,17H2,1H3. The molecule has 2 N–H and O–H groups in total. The second-order valence-corrected chi connectivity index (χ2v) is 5.38. The molecule has 0 amide bonds. The van der Waals surface area contributed by atoms with Crippen molar-refractivity contribution in [3.8, 4) is 5.75 Å². The van der Waals surface area contributed by atoms with E-state index in [0.717, 1.165) is 37.6 Å². The fourth-order valence-electron chi connectivity index (χ4n) is 2.57. The molecule has 4 nitrogen and oxygen atoms in total. The highest BCUT2D eigenvalue weighted by Gasteiger charge is 2.15. The molecule has 1 aromatic carbocycles. The first-order valence-corrected chi connectivity index (χ1v) is 7.68. The maximum Gasteiger partial charge on any atom is 0.119 e. The van der Waals surface area contributed by atoms with Crippen molar-refractivity contribution in [1.82, 2.24) is 9.80 Å². The summed E-state index contributed by atoms with van der Waals surface area (Å²) < 4.78 is 5.79. The molecule has 1 aliphatic rings. The van der Waals surface area contributed by atoms with Crippen molar-refractivity contribution in [2.45, 2.75) is 19.9 Å². The molecule has 0 spiro atoms. The Morgan fingerprint density at radius 2 is 1.60 bits per heavy atom. The summed E-state index contributed by atoms with van der Waals surface area (Å²) in [6.45, 7) is 10.5. The largest absolute Gasteiger partial charge is 0.492 e. The fraction of sp³-hybridized carbons (Fsp3) is 0.625. The first kappa shape index (κ1) is 15.3. The fourth-order valence-corrected chi connectivity index (χ4v) is 2.57. The van der Waals surface area contributed by atoms with Gasteiger partial charge in [-0.3, -0.25) is 4.90 Å². The summed E-state index contributed by atoms with van der Waals surface area (Å²) >= 11 is 0. The van der Waals surface area contributed by atoms with E-state index in [4.69, 9.17) is 10.5 Å². The second kappa shape index (κ2) is 8.25. The molecule has 1 heterocycles. The Bertz CT molecular complexity index is 372. The van der Waals surface area contributed by atoms with E-state index in [1.54, 1.807) is 0 Å². The molecule has 2 rings (SSSR count). The molecule has 0 bridgehead atoms. The Labute approximate surface area is 122 Å². The predicted molar refractivity (Wildman–Crippen MR) is 83.0 cm³/mol. The van der Waals surface area contributed by atoms with Gasteiger partial charge in [0, 0.05) is 39.3 Å². The van der Waals surface area contributed by atoms with E-state index in [-0.39, 0.29) is 0 Å². The van der Waals surface area contributed by atoms with Crippen molar-refractivity contribution >= 4 is 0 Å². The van der Waals surface area contributed by atoms with Gasteiger partial charge in [-0.05, 0) is 30.7 Å². The zero-order chi connectivity index (χ0) is 14.2. The number of piperazine rings is 1. The van der Waals surface area contributed by atoms with Gasteiger partial charge in [-0.25, -0.2) is 0 Å². The Morgan fingerprint density at radius 3 is 2.15 bits per heavy atom. The molecule has 0 unspecified atom stereocenters. The van der Waals surface area contributed by atoms with Gasteiger partial charge in [-0.15, -0.1) is 0 Å². The van der Waals surface area contributed by atoms with E-state index in [1.165, 1.54) is 26.1 Å². The number of benzene rings is 1. The van der Waals surface area contributed by atoms with Crippen molar-refractivity contribution < 1.29 is 4.74 Å². The third-order valence-electron chi connectivity index (χ3n) is 3.84. The average molecular weight is 277 g/mol. The Hall–Kier alpha value is -1.10. The molecule has 0 aliphatic carbocycles. The van der Waals surface area contributed by atoms with Crippen LogP contribution >= 0.6 is 0 Å². The number of nitrogens with zero attached hydrogens (tertiary/aromatic N) is 2. The number of ether oxygens (including phenoxy) is 1. The lowest BCUT2D eigenvalue weighted by molar-refractivity contribution is 0.117. The number of hydrogen-bond donors (Lipinski definition) is 1. The molecule has 1 saturated heterocycles. The molecular weight excluding hydrogens is 250 g/mol. The molecule has 20 heavy (non-hydrogen) atoms. The van der Waals surface area contributed by atoms with Crippen LogP contribution in [-0.4, -0.2) is 55.7 Å². The van der Waals surface area contributed by atoms with E-state index in [0.29, 0.717) is 6.54 Å². The quantitative estimate of drug-likeness (QED) is 0.821. The van der Waals surface area contributed by atoms with E-state index in [1.807, 2.05) is 24.3 Å². The molecule has 1 aromatic rings. The van der Waals surface area contributed by atoms with E-state index < -0.39 is 0 Å². The van der Waals surface area contributed by atoms with E-state index in [9.17, 15) is 0 Å². The van der Waals surface area contributed by atoms with Crippen LogP contribution in [0.4, 0.5) is 0 Å². The minimum Gasteiger partial charge on any atom is -0.492 e. The third kappa shape index (κ3) is 4.78. The van der Waals surface area contributed by atoms with Gasteiger partial charge in [0.2, 0.25) is 0 Å². The number of hydrogen-bond acceptors (Lipinski definition) is 4. The first-order chi connectivity index (χ1) is 9.81. The summed E-state index contributed by atoms with van der Waals surface area (Å²) in [4.78, 5) is 5.03. The third-order valence-corrected chi connectivity index (χ3v) is 3.84. The van der Waals surface area contributed by atoms with Crippen molar-refractivity contribution in [2.24, 2.45) is 5.73 Å². The topological polar surface area (TPSA) is 41.7 Å². The van der Waals surface area contributed by atoms with Crippen LogP contribution in [0.5, 0.6) is 5.75 Å². The maximum atomic E-state index is 5.79. The molecule has 1 aliphatic heterocycles. The Balaban J connectivity index is 1.63. The molecule has 0 saturated carbocycles. The first-order valence-electron chi connectivity index (χ1n) is 7.68. The lowest BCUT2D eigenvalue weighted by atomic mass is 10.2. The van der Waals surface area contributed by atoms with Crippen LogP contribution in [0.2, 0.25) is 0 Å². The maximum absolute atomic E-state index is 5.79. The highest BCUT2D eigenvalue weighted by Crippen LogP contribution is 2.12. The predicted octanol–water partition coefficient (Wildman–Crippen LogP) is 1.55. The van der Waals surface area contributed by atoms with Gasteiger partial charge < -0.3 is 15.4 Å². The Morgan fingerprint density at radius 1 is 1.00 bits per heavy atom. The van der Waals surface area contributed by atoms with Crippen molar-refractivity contribution in [3.05, 3.63) is 29.8 Å². The number of rotatable bonds is 7. The Kier molecular flexibility index (Phi) is 6.30. The van der Waals surface area contributed by atoms with E-state index in [2.05, 4.69) is 16.7 Å². The summed E-state index contributed by atoms with van der Waals surface area (Å²) in [6.07, 6.45) is 1.25. The molecule has 0 atom stereocenters. The zero-order valence-corrected chi connectivity index (χ0v) is 12.6. The molecule has 112 valence electrons. The summed E-state index contributed by atoms with van der Waals surface area (Å²) in [6, 6.07) is 8.06. The second-order valence-electron chi connectivity index (χ2n) is 5.38. The van der Waals surface area contributed by atoms with Crippen LogP contribution in [0.15, 0.2) is 24.3 Å². The zero-order valence-electron chi connectivity index (χ0n) is 12.6. The smallest absolute Gasteiger partial charge is 0.119 e. The molecular formula is C16H27N3O. The number of nitrogens with two attached hydrogens (primary N) is 1. The van der Waals surface area contributed by atoms with Gasteiger partial charge in [0.05, 0.1) is 0 Å². The van der Waals surface area contributed by atoms with Gasteiger partial charge in [-0.2, -0.15) is 0 Å². The summed E-state index contributed by atoms with van der Waals surface area (Å²) in [5, 5.41) is 0. The van der Waals surface area contributed by atoms with E-state index >= 15 is 0 Å². The van der Waals surface area contributed by atoms with Gasteiger partial charge in [0.25, 0.3) is 0 Å². The van der Waals surface area contributed by atoms with Crippen LogP contribution in [0.3, 0.4) is 0 Å². The van der Waals surface area contributed by atoms with Gasteiger partial charge in [-0.1, -0.05) is 19.1 Å². The van der Waals surface area contributed by atoms with Crippen LogP contribution in [0.1, 0.15) is 18.9 Å². The minimum atomic E-state index is 0.586. The summed E-state index contributed by atoms with van der Waals surface area (Å²) in [5.74, 6) is 0.937. The summed E-state index contributed by atoms with van der Waals surface area (Å²) in [7, 11) is 0. The lowest BCUT2D eigenvalue weighted by Gasteiger charge is -2.34. The van der Waals surface area contributed by atoms with Crippen LogP contribution < -0.4 is 10.5 Å². The van der Waals surface area contributed by atoms with Crippen LogP contribution in [0, 0.1) is 0 Å². The molecule has 0 aromatic heterocycles. The summed E-state index contributed by atoms with van der Waals surface area (Å²) in [5.41, 5.74) is 6.72. The van der Waals surface area contributed by atoms with Gasteiger partial charge in [0.15, 0.2) is 0 Å². The SMILES string of the molecule is CCCN1CCN(CCOc2ccc(CN)cc2)CC1. The van der Waals surface area contributed by atoms with Gasteiger partial charge in [0.1, 0.15) is 12.4 Å². The molecule has 1 fully saturated rings. The highest BCUT2D eigenvalue weighted by atomic mass is 16.5. The molecule has 0 radical (unpaired) electrons. The monoisotopic (exact) mass is 277 g/mol. The normalized spacial score (nSPS) is 17.3. The minimum absolute atomic E-state index is 0.586. The molecule has 4 heteroatoms. The van der Waals surface area contributed by atoms with Crippen molar-refractivity contribution in [3.63, 3.8) is 0 Å². The lowest BCUT2D eigenvalue weighted by Crippen LogP contribution is -2.47. The van der Waals surface area contributed by atoms with Crippen LogP contribution in [0.25, 0.3) is 0 Å². The highest BCUT2D eigenvalue weighted by molar-refractivity contribution is 5.27. The van der Waals surface area contributed by atoms with Crippen LogP contribution in [-0.2, 0) is 6.54 Å². The average Bonchev–Trinajstić information content (AvgIpc) is 2.50. The van der Waals surface area contributed by atoms with Gasteiger partial charge >= 0.3 is 0 Å². The van der Waals surface area contributed by atoms with Crippen molar-refractivity contribution in [1.29, 1.82) is 0 Å². The van der Waals surface area contributed by atoms with Crippen molar-refractivity contribution in [2.75, 3.05) is 45.9 Å².